The van der Waals surface area contributed by atoms with Crippen molar-refractivity contribution in [2.24, 2.45) is 17.8 Å². The third kappa shape index (κ3) is 3.72. The van der Waals surface area contributed by atoms with Crippen molar-refractivity contribution in [1.82, 2.24) is 8.87 Å². The summed E-state index contributed by atoms with van der Waals surface area (Å²) in [4.78, 5) is 17.4. The van der Waals surface area contributed by atoms with Crippen LogP contribution in [0.1, 0.15) is 23.1 Å². The molecule has 0 radical (unpaired) electrons. The van der Waals surface area contributed by atoms with E-state index in [9.17, 15) is 4.79 Å². The fourth-order valence-corrected chi connectivity index (χ4v) is 3.29. The number of hydrogen-bond donors (Lipinski definition) is 1. The first kappa shape index (κ1) is 16.6. The van der Waals surface area contributed by atoms with Gasteiger partial charge in [-0.15, -0.1) is 0 Å². The average Bonchev–Trinajstić information content (AvgIpc) is 2.77. The Morgan fingerprint density at radius 2 is 2.36 bits per heavy atom. The van der Waals surface area contributed by atoms with Crippen molar-refractivity contribution in [2.75, 3.05) is 26.2 Å². The monoisotopic (exact) mass is 322 g/mol. The van der Waals surface area contributed by atoms with Crippen molar-refractivity contribution >= 4 is 23.6 Å². The standard InChI is InChI=1S/C15H22N4O2S/c1-4-21-15(20)13-9-14(11(2)18(13)3)22-19-8-7-17-12(10-19)5-6-16/h5-6,9H,4,7-8,10,16H2,1-3H3/b6-5-. The highest BCUT2D eigenvalue weighted by Crippen LogP contribution is 2.29. The molecule has 0 atom stereocenters. The van der Waals surface area contributed by atoms with E-state index < -0.39 is 0 Å². The van der Waals surface area contributed by atoms with Crippen LogP contribution in [0, 0.1) is 6.92 Å². The van der Waals surface area contributed by atoms with Crippen LogP contribution in [0.4, 0.5) is 0 Å². The molecule has 1 aliphatic heterocycles. The predicted octanol–water partition coefficient (Wildman–Crippen LogP) is 1.75. The van der Waals surface area contributed by atoms with Gasteiger partial charge < -0.3 is 15.0 Å². The summed E-state index contributed by atoms with van der Waals surface area (Å²) in [6.07, 6.45) is 3.34. The van der Waals surface area contributed by atoms with E-state index in [1.165, 1.54) is 6.20 Å². The van der Waals surface area contributed by atoms with E-state index in [0.717, 1.165) is 35.9 Å². The molecule has 22 heavy (non-hydrogen) atoms. The first-order valence-electron chi connectivity index (χ1n) is 7.24. The summed E-state index contributed by atoms with van der Waals surface area (Å²) in [5.41, 5.74) is 8.02. The number of rotatable bonds is 5. The molecule has 7 heteroatoms. The Morgan fingerprint density at radius 1 is 1.59 bits per heavy atom. The Labute approximate surface area is 135 Å². The lowest BCUT2D eigenvalue weighted by molar-refractivity contribution is 0.0515. The van der Waals surface area contributed by atoms with Crippen LogP contribution >= 0.6 is 11.9 Å². The summed E-state index contributed by atoms with van der Waals surface area (Å²) < 4.78 is 9.19. The Kier molecular flexibility index (Phi) is 5.68. The molecule has 1 aromatic heterocycles. The smallest absolute Gasteiger partial charge is 0.354 e. The fraction of sp³-hybridized carbons (Fsp3) is 0.467. The van der Waals surface area contributed by atoms with Crippen LogP contribution in [0.5, 0.6) is 0 Å². The van der Waals surface area contributed by atoms with Gasteiger partial charge in [0.05, 0.1) is 25.4 Å². The molecule has 2 rings (SSSR count). The van der Waals surface area contributed by atoms with Crippen LogP contribution < -0.4 is 5.73 Å². The number of carbonyl (C=O) groups is 1. The van der Waals surface area contributed by atoms with Crippen molar-refractivity contribution in [1.29, 1.82) is 0 Å². The van der Waals surface area contributed by atoms with Gasteiger partial charge in [0.2, 0.25) is 0 Å². The van der Waals surface area contributed by atoms with Gasteiger partial charge >= 0.3 is 5.97 Å². The Morgan fingerprint density at radius 3 is 3.05 bits per heavy atom. The SMILES string of the molecule is CCOC(=O)c1cc(SN2CCN=C(/C=C\N)C2)c(C)n1C. The number of nitrogens with zero attached hydrogens (tertiary/aromatic N) is 3. The average molecular weight is 322 g/mol. The summed E-state index contributed by atoms with van der Waals surface area (Å²) in [6.45, 7) is 6.55. The molecule has 2 heterocycles. The number of hydrogen-bond acceptors (Lipinski definition) is 6. The van der Waals surface area contributed by atoms with Gasteiger partial charge in [0, 0.05) is 24.2 Å². The van der Waals surface area contributed by atoms with Crippen molar-refractivity contribution in [2.45, 2.75) is 18.7 Å². The number of aromatic nitrogens is 1. The van der Waals surface area contributed by atoms with Crippen molar-refractivity contribution < 1.29 is 9.53 Å². The molecule has 1 aliphatic rings. The minimum absolute atomic E-state index is 0.285. The van der Waals surface area contributed by atoms with Gasteiger partial charge in [-0.3, -0.25) is 4.99 Å². The van der Waals surface area contributed by atoms with Crippen LogP contribution in [0.3, 0.4) is 0 Å². The maximum absolute atomic E-state index is 12.0. The van der Waals surface area contributed by atoms with E-state index in [1.54, 1.807) is 11.9 Å². The Balaban J connectivity index is 2.12. The summed E-state index contributed by atoms with van der Waals surface area (Å²) in [6, 6.07) is 1.89. The fourth-order valence-electron chi connectivity index (χ4n) is 2.21. The number of esters is 1. The minimum atomic E-state index is -0.285. The van der Waals surface area contributed by atoms with Crippen molar-refractivity contribution in [3.05, 3.63) is 29.7 Å². The van der Waals surface area contributed by atoms with Crippen LogP contribution in [0.25, 0.3) is 0 Å². The molecule has 2 N–H and O–H groups in total. The van der Waals surface area contributed by atoms with E-state index in [-0.39, 0.29) is 5.97 Å². The van der Waals surface area contributed by atoms with Gasteiger partial charge in [-0.25, -0.2) is 9.10 Å². The van der Waals surface area contributed by atoms with E-state index in [2.05, 4.69) is 9.30 Å². The maximum Gasteiger partial charge on any atom is 0.354 e. The number of nitrogens with two attached hydrogens (primary N) is 1. The van der Waals surface area contributed by atoms with Gasteiger partial charge in [-0.05, 0) is 44.1 Å². The minimum Gasteiger partial charge on any atom is -0.461 e. The van der Waals surface area contributed by atoms with Crippen LogP contribution in [-0.2, 0) is 11.8 Å². The van der Waals surface area contributed by atoms with Crippen molar-refractivity contribution in [3.8, 4) is 0 Å². The largest absolute Gasteiger partial charge is 0.461 e. The zero-order valence-electron chi connectivity index (χ0n) is 13.2. The summed E-state index contributed by atoms with van der Waals surface area (Å²) in [5, 5.41) is 0. The van der Waals surface area contributed by atoms with Crippen LogP contribution in [-0.4, -0.2) is 46.8 Å². The van der Waals surface area contributed by atoms with Gasteiger partial charge in [-0.1, -0.05) is 0 Å². The quantitative estimate of drug-likeness (QED) is 0.660. The van der Waals surface area contributed by atoms with E-state index >= 15 is 0 Å². The van der Waals surface area contributed by atoms with E-state index in [4.69, 9.17) is 10.5 Å². The lowest BCUT2D eigenvalue weighted by Crippen LogP contribution is -2.30. The number of aliphatic imine (C=N–C) groups is 1. The van der Waals surface area contributed by atoms with Gasteiger partial charge in [-0.2, -0.15) is 0 Å². The third-order valence-corrected chi connectivity index (χ3v) is 4.67. The molecule has 120 valence electrons. The second kappa shape index (κ2) is 7.51. The summed E-state index contributed by atoms with van der Waals surface area (Å²) in [7, 11) is 1.88. The zero-order chi connectivity index (χ0) is 16.1. The predicted molar refractivity (Wildman–Crippen MR) is 89.2 cm³/mol. The molecule has 0 unspecified atom stereocenters. The van der Waals surface area contributed by atoms with Crippen LogP contribution in [0.2, 0.25) is 0 Å². The zero-order valence-corrected chi connectivity index (χ0v) is 14.0. The summed E-state index contributed by atoms with van der Waals surface area (Å²) in [5.74, 6) is -0.285. The highest BCUT2D eigenvalue weighted by atomic mass is 32.2. The molecule has 0 amide bonds. The Bertz CT molecular complexity index is 607. The second-order valence-corrected chi connectivity index (χ2v) is 6.08. The number of ether oxygens (including phenoxy) is 1. The molecule has 0 aromatic carbocycles. The molecule has 0 saturated heterocycles. The number of carbonyl (C=O) groups excluding carboxylic acids is 1. The first-order chi connectivity index (χ1) is 10.6. The van der Waals surface area contributed by atoms with Gasteiger partial charge in [0.15, 0.2) is 0 Å². The molecular weight excluding hydrogens is 300 g/mol. The molecule has 0 saturated carbocycles. The highest BCUT2D eigenvalue weighted by Gasteiger charge is 2.20. The molecule has 0 fully saturated rings. The van der Waals surface area contributed by atoms with Gasteiger partial charge in [0.25, 0.3) is 0 Å². The van der Waals surface area contributed by atoms with Crippen LogP contribution in [0.15, 0.2) is 28.2 Å². The molecule has 1 aromatic rings. The highest BCUT2D eigenvalue weighted by molar-refractivity contribution is 7.97. The molecule has 6 nitrogen and oxygen atoms in total. The Hall–Kier alpha value is -1.73. The third-order valence-electron chi connectivity index (χ3n) is 3.49. The molecular formula is C15H22N4O2S. The maximum atomic E-state index is 12.0. The van der Waals surface area contributed by atoms with E-state index in [0.29, 0.717) is 12.3 Å². The lowest BCUT2D eigenvalue weighted by Gasteiger charge is -2.24. The lowest BCUT2D eigenvalue weighted by atomic mass is 10.3. The summed E-state index contributed by atoms with van der Waals surface area (Å²) >= 11 is 1.64. The molecule has 0 bridgehead atoms. The van der Waals surface area contributed by atoms with E-state index in [1.807, 2.05) is 37.6 Å². The molecule has 0 spiro atoms. The van der Waals surface area contributed by atoms with Crippen molar-refractivity contribution in [3.63, 3.8) is 0 Å². The topological polar surface area (TPSA) is 72.8 Å². The molecule has 0 aliphatic carbocycles. The normalized spacial score (nSPS) is 16.0. The van der Waals surface area contributed by atoms with Gasteiger partial charge in [0.1, 0.15) is 5.69 Å². The first-order valence-corrected chi connectivity index (χ1v) is 8.02. The second-order valence-electron chi connectivity index (χ2n) is 4.95.